The molecule has 7 heteroatoms. The quantitative estimate of drug-likeness (QED) is 0.666. The largest absolute Gasteiger partial charge is 0.332 e. The molecule has 1 aliphatic rings. The third-order valence-electron chi connectivity index (χ3n) is 5.80. The van der Waals surface area contributed by atoms with Gasteiger partial charge in [0, 0.05) is 32.4 Å². The van der Waals surface area contributed by atoms with E-state index in [0.29, 0.717) is 23.6 Å². The minimum Gasteiger partial charge on any atom is -0.312 e. The summed E-state index contributed by atoms with van der Waals surface area (Å²) in [5, 5.41) is 0. The van der Waals surface area contributed by atoms with Gasteiger partial charge in [-0.3, -0.25) is 13.9 Å². The van der Waals surface area contributed by atoms with Crippen molar-refractivity contribution in [1.29, 1.82) is 0 Å². The van der Waals surface area contributed by atoms with E-state index in [1.54, 1.807) is 7.05 Å². The van der Waals surface area contributed by atoms with Crippen molar-refractivity contribution in [3.05, 3.63) is 50.7 Å². The van der Waals surface area contributed by atoms with Crippen LogP contribution in [0.2, 0.25) is 0 Å². The first-order chi connectivity index (χ1) is 13.9. The van der Waals surface area contributed by atoms with Crippen LogP contribution < -0.4 is 16.1 Å². The van der Waals surface area contributed by atoms with Gasteiger partial charge in [0.1, 0.15) is 0 Å². The summed E-state index contributed by atoms with van der Waals surface area (Å²) in [6.45, 7) is 8.33. The van der Waals surface area contributed by atoms with Crippen molar-refractivity contribution >= 4 is 22.8 Å². The number of aryl methyl sites for hydroxylation is 3. The van der Waals surface area contributed by atoms with Gasteiger partial charge in [0.2, 0.25) is 5.95 Å². The van der Waals surface area contributed by atoms with Crippen molar-refractivity contribution in [3.8, 4) is 0 Å². The van der Waals surface area contributed by atoms with Gasteiger partial charge >= 0.3 is 5.69 Å². The molecule has 0 saturated heterocycles. The fourth-order valence-electron chi connectivity index (χ4n) is 4.01. The lowest BCUT2D eigenvalue weighted by molar-refractivity contribution is 0.487. The molecular weight excluding hydrogens is 366 g/mol. The SMILES string of the molecule is CCc1ccc(N2CCCn3c2nc2c3c(=O)n(CCC(C)C)c(=O)n2C)cc1. The molecule has 0 unspecified atom stereocenters. The average Bonchev–Trinajstić information content (AvgIpc) is 3.12. The van der Waals surface area contributed by atoms with Crippen LogP contribution in [0.4, 0.5) is 11.6 Å². The lowest BCUT2D eigenvalue weighted by Crippen LogP contribution is -2.40. The summed E-state index contributed by atoms with van der Waals surface area (Å²) in [7, 11) is 1.70. The Bertz CT molecular complexity index is 1150. The molecule has 0 radical (unpaired) electrons. The second-order valence-corrected chi connectivity index (χ2v) is 8.24. The zero-order chi connectivity index (χ0) is 20.7. The number of hydrogen-bond donors (Lipinski definition) is 0. The third-order valence-corrected chi connectivity index (χ3v) is 5.80. The topological polar surface area (TPSA) is 65.1 Å². The molecule has 29 heavy (non-hydrogen) atoms. The monoisotopic (exact) mass is 395 g/mol. The summed E-state index contributed by atoms with van der Waals surface area (Å²) in [6.07, 6.45) is 2.70. The van der Waals surface area contributed by atoms with E-state index in [1.165, 1.54) is 14.7 Å². The minimum atomic E-state index is -0.294. The maximum atomic E-state index is 13.2. The van der Waals surface area contributed by atoms with Gasteiger partial charge in [-0.05, 0) is 42.9 Å². The highest BCUT2D eigenvalue weighted by Crippen LogP contribution is 2.31. The lowest BCUT2D eigenvalue weighted by Gasteiger charge is -2.29. The number of hydrogen-bond acceptors (Lipinski definition) is 4. The van der Waals surface area contributed by atoms with E-state index < -0.39 is 0 Å². The Morgan fingerprint density at radius 2 is 1.83 bits per heavy atom. The van der Waals surface area contributed by atoms with Gasteiger partial charge in [-0.2, -0.15) is 4.98 Å². The van der Waals surface area contributed by atoms with E-state index in [4.69, 9.17) is 4.98 Å². The molecule has 0 spiro atoms. The van der Waals surface area contributed by atoms with Crippen molar-refractivity contribution in [2.45, 2.75) is 53.1 Å². The van der Waals surface area contributed by atoms with Crippen LogP contribution in [-0.2, 0) is 26.6 Å². The standard InChI is InChI=1S/C22H29N5O2/c1-5-16-7-9-17(10-8-16)25-12-6-13-26-18-19(23-21(25)26)24(4)22(29)27(20(18)28)14-11-15(2)3/h7-10,15H,5-6,11-14H2,1-4H3. The van der Waals surface area contributed by atoms with E-state index in [-0.39, 0.29) is 11.2 Å². The van der Waals surface area contributed by atoms with E-state index in [1.807, 2.05) is 4.57 Å². The fourth-order valence-corrected chi connectivity index (χ4v) is 4.01. The zero-order valence-electron chi connectivity index (χ0n) is 17.7. The van der Waals surface area contributed by atoms with Gasteiger partial charge in [0.25, 0.3) is 5.56 Å². The van der Waals surface area contributed by atoms with Crippen LogP contribution in [0.15, 0.2) is 33.9 Å². The van der Waals surface area contributed by atoms with E-state index in [2.05, 4.69) is 49.9 Å². The molecule has 2 aromatic heterocycles. The molecule has 3 heterocycles. The maximum Gasteiger partial charge on any atom is 0.332 e. The fraction of sp³-hybridized carbons (Fsp3) is 0.500. The Kier molecular flexibility index (Phi) is 5.06. The zero-order valence-corrected chi connectivity index (χ0v) is 17.7. The van der Waals surface area contributed by atoms with E-state index in [0.717, 1.165) is 44.0 Å². The first-order valence-electron chi connectivity index (χ1n) is 10.5. The Morgan fingerprint density at radius 3 is 2.48 bits per heavy atom. The number of nitrogens with zero attached hydrogens (tertiary/aromatic N) is 5. The summed E-state index contributed by atoms with van der Waals surface area (Å²) in [6, 6.07) is 8.47. The van der Waals surface area contributed by atoms with Crippen LogP contribution >= 0.6 is 0 Å². The minimum absolute atomic E-state index is 0.231. The molecule has 0 N–H and O–H groups in total. The molecule has 0 bridgehead atoms. The predicted octanol–water partition coefficient (Wildman–Crippen LogP) is 3.05. The van der Waals surface area contributed by atoms with Gasteiger partial charge in [-0.25, -0.2) is 4.79 Å². The lowest BCUT2D eigenvalue weighted by atomic mass is 10.1. The van der Waals surface area contributed by atoms with Crippen LogP contribution in [0.25, 0.3) is 11.2 Å². The molecule has 7 nitrogen and oxygen atoms in total. The molecule has 0 fully saturated rings. The van der Waals surface area contributed by atoms with Gasteiger partial charge in [0.05, 0.1) is 0 Å². The van der Waals surface area contributed by atoms with Crippen molar-refractivity contribution in [1.82, 2.24) is 18.7 Å². The second kappa shape index (κ2) is 7.54. The number of fused-ring (bicyclic) bond motifs is 3. The van der Waals surface area contributed by atoms with Gasteiger partial charge in [0.15, 0.2) is 11.2 Å². The van der Waals surface area contributed by atoms with Gasteiger partial charge in [-0.15, -0.1) is 0 Å². The second-order valence-electron chi connectivity index (χ2n) is 8.24. The Hall–Kier alpha value is -2.83. The summed E-state index contributed by atoms with van der Waals surface area (Å²) in [5.74, 6) is 1.16. The summed E-state index contributed by atoms with van der Waals surface area (Å²) in [4.78, 5) is 33.0. The Balaban J connectivity index is 1.87. The number of benzene rings is 1. The summed E-state index contributed by atoms with van der Waals surface area (Å²) >= 11 is 0. The summed E-state index contributed by atoms with van der Waals surface area (Å²) < 4.78 is 4.87. The highest BCUT2D eigenvalue weighted by atomic mass is 16.2. The van der Waals surface area contributed by atoms with Crippen LogP contribution in [0.3, 0.4) is 0 Å². The molecule has 0 atom stereocenters. The molecular formula is C22H29N5O2. The molecule has 1 aromatic carbocycles. The highest BCUT2D eigenvalue weighted by Gasteiger charge is 2.26. The number of rotatable bonds is 5. The normalized spacial score (nSPS) is 14.0. The van der Waals surface area contributed by atoms with Crippen LogP contribution in [-0.4, -0.2) is 25.2 Å². The number of aromatic nitrogens is 4. The molecule has 0 amide bonds. The van der Waals surface area contributed by atoms with E-state index >= 15 is 0 Å². The number of imidazole rings is 1. The number of anilines is 2. The van der Waals surface area contributed by atoms with Crippen LogP contribution in [0.1, 0.15) is 39.2 Å². The Labute approximate surface area is 170 Å². The van der Waals surface area contributed by atoms with Gasteiger partial charge in [-0.1, -0.05) is 32.9 Å². The highest BCUT2D eigenvalue weighted by molar-refractivity contribution is 5.77. The molecule has 0 saturated carbocycles. The molecule has 1 aliphatic heterocycles. The van der Waals surface area contributed by atoms with Gasteiger partial charge < -0.3 is 9.47 Å². The Morgan fingerprint density at radius 1 is 1.10 bits per heavy atom. The van der Waals surface area contributed by atoms with Crippen molar-refractivity contribution in [2.75, 3.05) is 11.4 Å². The van der Waals surface area contributed by atoms with E-state index in [9.17, 15) is 9.59 Å². The van der Waals surface area contributed by atoms with Crippen molar-refractivity contribution in [2.24, 2.45) is 13.0 Å². The molecule has 0 aliphatic carbocycles. The third kappa shape index (κ3) is 3.28. The molecule has 3 aromatic rings. The van der Waals surface area contributed by atoms with Crippen molar-refractivity contribution < 1.29 is 0 Å². The van der Waals surface area contributed by atoms with Crippen LogP contribution in [0, 0.1) is 5.92 Å². The predicted molar refractivity (Wildman–Crippen MR) is 116 cm³/mol. The molecule has 4 rings (SSSR count). The molecule has 154 valence electrons. The van der Waals surface area contributed by atoms with Crippen molar-refractivity contribution in [3.63, 3.8) is 0 Å². The maximum absolute atomic E-state index is 13.2. The smallest absolute Gasteiger partial charge is 0.312 e. The first-order valence-corrected chi connectivity index (χ1v) is 10.5. The first kappa shape index (κ1) is 19.5. The summed E-state index contributed by atoms with van der Waals surface area (Å²) in [5.41, 5.74) is 2.81. The van der Waals surface area contributed by atoms with Crippen LogP contribution in [0.5, 0.6) is 0 Å². The average molecular weight is 396 g/mol.